The SMILES string of the molecule is CC1C(=O)C(c2ccc(C(=O)O)cc2)C(=O)C1C.CC1C2CC(C(=O)O)C(C2)C1C.CCC(C)(C)C(=O)Nc1ccc(CN)cc1.CCC(C)(C)C(=O)Nc1ccc(CNC(C)=O)cc1.CCC(C)(C)C(=O)OCCN(C)C.CCC(C)(C)c1ccc(C(=O)O)cc1.CCC(C)c1ccccc1.CCCCC(CC)COC(=O)C(C)(C)CC. The quantitative estimate of drug-likeness (QED) is 0.0166. The number of nitrogens with one attached hydrogen (secondary N) is 3. The summed E-state index contributed by atoms with van der Waals surface area (Å²) in [4.78, 5) is 116. The van der Waals surface area contributed by atoms with Crippen LogP contribution < -0.4 is 21.7 Å². The molecule has 0 aromatic heterocycles. The van der Waals surface area contributed by atoms with Gasteiger partial charge in [0.25, 0.3) is 0 Å². The first-order chi connectivity index (χ1) is 55.1. The summed E-state index contributed by atoms with van der Waals surface area (Å²) >= 11 is 0. The predicted molar refractivity (Wildman–Crippen MR) is 478 cm³/mol. The second-order valence-corrected chi connectivity index (χ2v) is 35.5. The summed E-state index contributed by atoms with van der Waals surface area (Å²) in [5.74, 6) is -0.209. The molecule has 9 unspecified atom stereocenters. The molecule has 3 saturated carbocycles. The molecular formula is C98H151N5O15. The van der Waals surface area contributed by atoms with Gasteiger partial charge in [0.15, 0.2) is 11.6 Å². The molecule has 20 heteroatoms. The third kappa shape index (κ3) is 36.4. The van der Waals surface area contributed by atoms with Crippen LogP contribution in [-0.4, -0.2) is 113 Å². The van der Waals surface area contributed by atoms with E-state index < -0.39 is 23.8 Å². The number of aromatic carboxylic acids is 2. The maximum atomic E-state index is 12.0. The summed E-state index contributed by atoms with van der Waals surface area (Å²) < 4.78 is 10.5. The molecule has 3 amide bonds. The molecule has 0 saturated heterocycles. The minimum absolute atomic E-state index is 0.0182. The summed E-state index contributed by atoms with van der Waals surface area (Å²) in [6.45, 7) is 51.1. The Bertz CT molecular complexity index is 3840. The van der Waals surface area contributed by atoms with Gasteiger partial charge in [-0.2, -0.15) is 0 Å². The number of nitrogens with two attached hydrogens (primary N) is 1. The number of nitrogens with zero attached hydrogens (tertiary/aromatic N) is 1. The molecule has 118 heavy (non-hydrogen) atoms. The Morgan fingerprint density at radius 1 is 0.542 bits per heavy atom. The van der Waals surface area contributed by atoms with Crippen LogP contribution in [0.1, 0.15) is 304 Å². The molecule has 5 aromatic carbocycles. The van der Waals surface area contributed by atoms with E-state index in [-0.39, 0.29) is 91.6 Å². The fraction of sp³-hybridized carbons (Fsp3) is 0.592. The van der Waals surface area contributed by atoms with Gasteiger partial charge in [0.1, 0.15) is 12.5 Å². The van der Waals surface area contributed by atoms with Gasteiger partial charge in [-0.05, 0) is 217 Å². The lowest BCUT2D eigenvalue weighted by Gasteiger charge is -2.29. The van der Waals surface area contributed by atoms with Crippen molar-refractivity contribution in [1.29, 1.82) is 0 Å². The number of carboxylic acids is 3. The second-order valence-electron chi connectivity index (χ2n) is 35.5. The molecule has 9 atom stereocenters. The van der Waals surface area contributed by atoms with Gasteiger partial charge in [-0.25, -0.2) is 9.59 Å². The lowest BCUT2D eigenvalue weighted by Crippen LogP contribution is -2.29. The van der Waals surface area contributed by atoms with Crippen molar-refractivity contribution in [2.24, 2.45) is 74.7 Å². The molecule has 8 N–H and O–H groups in total. The number of rotatable bonds is 30. The highest BCUT2D eigenvalue weighted by Crippen LogP contribution is 2.55. The van der Waals surface area contributed by atoms with Crippen LogP contribution in [0.2, 0.25) is 0 Å². The van der Waals surface area contributed by atoms with E-state index in [4.69, 9.17) is 30.5 Å². The van der Waals surface area contributed by atoms with Crippen LogP contribution in [0.25, 0.3) is 0 Å². The van der Waals surface area contributed by atoms with E-state index in [2.05, 4.69) is 109 Å². The lowest BCUT2D eigenvalue weighted by molar-refractivity contribution is -0.156. The number of ketones is 2. The number of Topliss-reactive ketones (excluding diaryl/α,β-unsaturated/α-hetero) is 2. The van der Waals surface area contributed by atoms with Gasteiger partial charge in [0.2, 0.25) is 17.7 Å². The number of likely N-dealkylation sites (N-methyl/N-ethyl adjacent to an activating group) is 1. The number of amides is 3. The number of carboxylic acid groups (broad SMARTS) is 3. The number of esters is 2. The zero-order valence-electron chi connectivity index (χ0n) is 76.7. The zero-order chi connectivity index (χ0) is 90.2. The molecule has 658 valence electrons. The standard InChI is InChI=1S/C15H22N2O2.C14H14O4.C14H28O2.C13H20N2O.C12H16O2.C10H21NO2.C10H16O2.C10H14/c1-5-15(3,4)14(19)17-13-8-6-12(7-9-13)10-16-11(2)18;1-7-8(2)13(16)11(12(7)15)9-3-5-10(6-4-9)14(17)18;1-6-9-10-12(7-2)11-16-13(15)14(4,5)8-3;1-4-13(2,3)12(16)15-11-7-5-10(9-14)6-8-11;1-4-12(2,3)10-7-5-9(6-8-10)11(13)14;1-6-10(2,3)9(12)13-8-7-11(4)5;1-5-6(2)8-3-7(5)4-9(8)10(11)12;1-3-9(2)10-7-5-4-6-8-10/h6-9H,5,10H2,1-4H3,(H,16,18)(H,17,19);3-8,11H,1-2H3,(H,17,18);12H,6-11H2,1-5H3;5-8H,4,9,14H2,1-3H3,(H,15,16);5-8H,4H2,1-3H3,(H,13,14);6-8H2,1-5H3;5-9H,3-4H2,1-2H3,(H,11,12);4-9H,3H2,1-2H3. The number of aliphatic carboxylic acids is 1. The van der Waals surface area contributed by atoms with E-state index in [1.807, 2.05) is 163 Å². The van der Waals surface area contributed by atoms with Crippen LogP contribution >= 0.6 is 0 Å². The Hall–Kier alpha value is -8.88. The largest absolute Gasteiger partial charge is 0.481 e. The van der Waals surface area contributed by atoms with Gasteiger partial charge in [-0.15, -0.1) is 0 Å². The number of ether oxygens (including phenoxy) is 2. The first-order valence-corrected chi connectivity index (χ1v) is 42.8. The van der Waals surface area contributed by atoms with Gasteiger partial charge in [-0.1, -0.05) is 230 Å². The molecule has 3 aliphatic carbocycles. The smallest absolute Gasteiger partial charge is 0.335 e. The van der Waals surface area contributed by atoms with Crippen LogP contribution in [0, 0.1) is 69.0 Å². The van der Waals surface area contributed by atoms with Crippen LogP contribution in [0.3, 0.4) is 0 Å². The molecule has 0 spiro atoms. The Morgan fingerprint density at radius 2 is 0.983 bits per heavy atom. The molecule has 20 nitrogen and oxygen atoms in total. The summed E-state index contributed by atoms with van der Waals surface area (Å²) in [6.07, 6.45) is 12.3. The molecular weight excluding hydrogens is 1490 g/mol. The first-order valence-electron chi connectivity index (χ1n) is 42.8. The van der Waals surface area contributed by atoms with Crippen LogP contribution in [0.5, 0.6) is 0 Å². The van der Waals surface area contributed by atoms with Crippen molar-refractivity contribution >= 4 is 70.5 Å². The third-order valence-electron chi connectivity index (χ3n) is 24.5. The maximum absolute atomic E-state index is 12.0. The molecule has 8 rings (SSSR count). The number of hydrogen-bond donors (Lipinski definition) is 7. The van der Waals surface area contributed by atoms with Crippen molar-refractivity contribution in [3.8, 4) is 0 Å². The average molecular weight is 1640 g/mol. The van der Waals surface area contributed by atoms with E-state index in [9.17, 15) is 47.9 Å². The van der Waals surface area contributed by atoms with Gasteiger partial charge >= 0.3 is 29.8 Å². The highest BCUT2D eigenvalue weighted by molar-refractivity contribution is 6.15. The van der Waals surface area contributed by atoms with Crippen molar-refractivity contribution < 1.29 is 72.7 Å². The molecule has 2 bridgehead atoms. The minimum atomic E-state index is -1.02. The Morgan fingerprint density at radius 3 is 1.35 bits per heavy atom. The molecule has 0 radical (unpaired) electrons. The van der Waals surface area contributed by atoms with Gasteiger partial charge in [-0.3, -0.25) is 38.4 Å². The van der Waals surface area contributed by atoms with E-state index in [0.29, 0.717) is 67.0 Å². The van der Waals surface area contributed by atoms with Crippen LogP contribution in [0.4, 0.5) is 11.4 Å². The van der Waals surface area contributed by atoms with Gasteiger partial charge in [0.05, 0.1) is 34.5 Å². The normalized spacial score (nSPS) is 18.3. The number of fused-ring (bicyclic) bond motifs is 2. The van der Waals surface area contributed by atoms with E-state index in [1.54, 1.807) is 38.1 Å². The molecule has 3 aliphatic rings. The number of carbonyl (C=O) groups excluding carboxylic acids is 7. The number of carbonyl (C=O) groups is 10. The number of benzene rings is 5. The summed E-state index contributed by atoms with van der Waals surface area (Å²) in [5, 5.41) is 35.0. The Kier molecular flexibility index (Phi) is 47.4. The fourth-order valence-electron chi connectivity index (χ4n) is 12.5. The van der Waals surface area contributed by atoms with E-state index in [0.717, 1.165) is 79.9 Å². The predicted octanol–water partition coefficient (Wildman–Crippen LogP) is 21.1. The molecule has 5 aromatic rings. The average Bonchev–Trinajstić information content (AvgIpc) is 1.63. The highest BCUT2D eigenvalue weighted by atomic mass is 16.5. The molecule has 3 fully saturated rings. The van der Waals surface area contributed by atoms with E-state index >= 15 is 0 Å². The van der Waals surface area contributed by atoms with Crippen molar-refractivity contribution in [2.45, 2.75) is 274 Å². The summed E-state index contributed by atoms with van der Waals surface area (Å²) in [6, 6.07) is 38.8. The second kappa shape index (κ2) is 52.2. The first kappa shape index (κ1) is 107. The van der Waals surface area contributed by atoms with Crippen molar-refractivity contribution in [3.63, 3.8) is 0 Å². The highest BCUT2D eigenvalue weighted by Gasteiger charge is 2.51. The maximum Gasteiger partial charge on any atom is 0.335 e. The molecule has 0 heterocycles. The summed E-state index contributed by atoms with van der Waals surface area (Å²) in [5.41, 5.74) is 11.6. The zero-order valence-corrected chi connectivity index (χ0v) is 76.7. The lowest BCUT2D eigenvalue weighted by atomic mass is 9.76. The molecule has 0 aliphatic heterocycles. The van der Waals surface area contributed by atoms with Crippen molar-refractivity contribution in [1.82, 2.24) is 10.2 Å². The monoisotopic (exact) mass is 1640 g/mol. The minimum Gasteiger partial charge on any atom is -0.481 e. The van der Waals surface area contributed by atoms with Crippen molar-refractivity contribution in [3.05, 3.63) is 166 Å². The van der Waals surface area contributed by atoms with Gasteiger partial charge in [0, 0.05) is 60.6 Å². The number of unbranched alkanes of at least 4 members (excludes halogenated alkanes) is 1. The van der Waals surface area contributed by atoms with Crippen LogP contribution in [0.15, 0.2) is 127 Å². The summed E-state index contributed by atoms with van der Waals surface area (Å²) in [7, 11) is 3.91. The topological polar surface area (TPSA) is 315 Å². The Balaban J connectivity index is 0.000000678. The number of hydrogen-bond acceptors (Lipinski definition) is 14. The third-order valence-corrected chi connectivity index (χ3v) is 24.5. The van der Waals surface area contributed by atoms with Gasteiger partial charge < -0.3 is 51.4 Å². The fourth-order valence-corrected chi connectivity index (χ4v) is 12.5. The van der Waals surface area contributed by atoms with Crippen molar-refractivity contribution in [2.75, 3.05) is 44.5 Å². The Labute approximate surface area is 708 Å². The van der Waals surface area contributed by atoms with Crippen LogP contribution in [-0.2, 0) is 66.3 Å². The number of anilines is 2. The van der Waals surface area contributed by atoms with E-state index in [1.165, 1.54) is 62.3 Å².